The maximum Gasteiger partial charge on any atom is 0.289 e. The summed E-state index contributed by atoms with van der Waals surface area (Å²) in [5.74, 6) is 0.400. The lowest BCUT2D eigenvalue weighted by molar-refractivity contribution is 0.0950. The van der Waals surface area contributed by atoms with E-state index >= 15 is 0 Å². The first-order valence-electron chi connectivity index (χ1n) is 10.9. The minimum absolute atomic E-state index is 0.325. The molecule has 0 radical (unpaired) electrons. The van der Waals surface area contributed by atoms with Gasteiger partial charge in [0.2, 0.25) is 0 Å². The number of aryl methyl sites for hydroxylation is 1. The zero-order valence-electron chi connectivity index (χ0n) is 18.6. The molecule has 0 saturated heterocycles. The topological polar surface area (TPSA) is 95.2 Å². The van der Waals surface area contributed by atoms with Gasteiger partial charge < -0.3 is 9.72 Å². The fraction of sp³-hybridized carbons (Fsp3) is 0.0741. The number of benzene rings is 3. The van der Waals surface area contributed by atoms with Crippen LogP contribution in [-0.4, -0.2) is 27.3 Å². The number of rotatable bonds is 7. The van der Waals surface area contributed by atoms with Crippen LogP contribution in [0.15, 0.2) is 90.2 Å². The first-order valence-corrected chi connectivity index (χ1v) is 10.9. The van der Waals surface area contributed by atoms with Crippen molar-refractivity contribution in [1.82, 2.24) is 20.6 Å². The molecular formula is C27H23N5O2. The number of carbonyl (C=O) groups excluding carboxylic acids is 1. The van der Waals surface area contributed by atoms with Crippen LogP contribution in [0.3, 0.4) is 0 Å². The third-order valence-corrected chi connectivity index (χ3v) is 5.49. The van der Waals surface area contributed by atoms with E-state index in [-0.39, 0.29) is 5.91 Å². The minimum Gasteiger partial charge on any atom is -0.489 e. The summed E-state index contributed by atoms with van der Waals surface area (Å²) < 4.78 is 5.86. The third-order valence-electron chi connectivity index (χ3n) is 5.49. The Morgan fingerprint density at radius 2 is 1.85 bits per heavy atom. The number of nitrogens with zero attached hydrogens (tertiary/aromatic N) is 2. The van der Waals surface area contributed by atoms with Gasteiger partial charge in [-0.3, -0.25) is 9.89 Å². The summed E-state index contributed by atoms with van der Waals surface area (Å²) in [5, 5.41) is 12.1. The van der Waals surface area contributed by atoms with Crippen LogP contribution >= 0.6 is 0 Å². The van der Waals surface area contributed by atoms with Crippen molar-refractivity contribution in [3.63, 3.8) is 0 Å². The van der Waals surface area contributed by atoms with Crippen LogP contribution < -0.4 is 10.2 Å². The Hall–Kier alpha value is -4.65. The van der Waals surface area contributed by atoms with Gasteiger partial charge in [0.05, 0.1) is 11.9 Å². The number of para-hydroxylation sites is 1. The van der Waals surface area contributed by atoms with Crippen LogP contribution in [0.1, 0.15) is 27.2 Å². The first-order chi connectivity index (χ1) is 16.7. The summed E-state index contributed by atoms with van der Waals surface area (Å²) in [4.78, 5) is 15.6. The lowest BCUT2D eigenvalue weighted by atomic mass is 10.1. The molecule has 5 aromatic rings. The van der Waals surface area contributed by atoms with Crippen LogP contribution in [0.5, 0.6) is 5.75 Å². The predicted octanol–water partition coefficient (Wildman–Crippen LogP) is 5.21. The van der Waals surface area contributed by atoms with E-state index in [4.69, 9.17) is 4.74 Å². The van der Waals surface area contributed by atoms with Crippen LogP contribution in [0.2, 0.25) is 0 Å². The number of ether oxygens (including phenoxy) is 1. The van der Waals surface area contributed by atoms with Gasteiger partial charge in [-0.05, 0) is 48.9 Å². The number of hydrazone groups is 1. The second-order valence-electron chi connectivity index (χ2n) is 7.95. The monoisotopic (exact) mass is 449 g/mol. The maximum absolute atomic E-state index is 12.5. The number of hydrogen-bond acceptors (Lipinski definition) is 4. The van der Waals surface area contributed by atoms with Gasteiger partial charge in [0, 0.05) is 28.2 Å². The lowest BCUT2D eigenvalue weighted by Gasteiger charge is -2.07. The van der Waals surface area contributed by atoms with Crippen molar-refractivity contribution in [3.8, 4) is 17.0 Å². The van der Waals surface area contributed by atoms with Crippen LogP contribution in [-0.2, 0) is 6.61 Å². The molecule has 0 spiro atoms. The molecule has 0 aliphatic carbocycles. The zero-order chi connectivity index (χ0) is 23.3. The van der Waals surface area contributed by atoms with Gasteiger partial charge in [0.1, 0.15) is 18.1 Å². The number of aromatic nitrogens is 3. The third kappa shape index (κ3) is 4.73. The van der Waals surface area contributed by atoms with Gasteiger partial charge in [-0.1, -0.05) is 48.0 Å². The molecule has 2 aromatic heterocycles. The molecule has 0 unspecified atom stereocenters. The molecule has 0 atom stereocenters. The molecule has 3 N–H and O–H groups in total. The van der Waals surface area contributed by atoms with Crippen molar-refractivity contribution >= 4 is 23.0 Å². The van der Waals surface area contributed by atoms with E-state index in [1.165, 1.54) is 5.56 Å². The number of amides is 1. The number of hydrogen-bond donors (Lipinski definition) is 3. The Kier molecular flexibility index (Phi) is 5.90. The predicted molar refractivity (Wildman–Crippen MR) is 133 cm³/mol. The van der Waals surface area contributed by atoms with E-state index in [2.05, 4.69) is 56.9 Å². The van der Waals surface area contributed by atoms with Crippen LogP contribution in [0.4, 0.5) is 0 Å². The molecule has 3 aromatic carbocycles. The Balaban J connectivity index is 1.19. The average Bonchev–Trinajstić information content (AvgIpc) is 3.52. The number of H-pyrrole nitrogens is 2. The molecule has 168 valence electrons. The Bertz CT molecular complexity index is 1450. The number of carbonyl (C=O) groups is 1. The SMILES string of the molecule is Cc1ccc(COc2ccc(-c3cc(C(=O)N/N=C\c4c[nH]c5ccccc45)[nH]n3)cc2)cc1. The Morgan fingerprint density at radius 3 is 2.68 bits per heavy atom. The smallest absolute Gasteiger partial charge is 0.289 e. The van der Waals surface area contributed by atoms with Crippen molar-refractivity contribution in [3.05, 3.63) is 107 Å². The summed E-state index contributed by atoms with van der Waals surface area (Å²) in [6.45, 7) is 2.57. The summed E-state index contributed by atoms with van der Waals surface area (Å²) in [6.07, 6.45) is 3.46. The highest BCUT2D eigenvalue weighted by molar-refractivity contribution is 6.00. The van der Waals surface area contributed by atoms with Crippen molar-refractivity contribution in [2.75, 3.05) is 0 Å². The molecule has 1 amide bonds. The van der Waals surface area contributed by atoms with E-state index in [1.54, 1.807) is 12.3 Å². The minimum atomic E-state index is -0.368. The van der Waals surface area contributed by atoms with Crippen molar-refractivity contribution in [2.45, 2.75) is 13.5 Å². The highest BCUT2D eigenvalue weighted by Crippen LogP contribution is 2.22. The first kappa shape index (κ1) is 21.2. The normalized spacial score (nSPS) is 11.2. The zero-order valence-corrected chi connectivity index (χ0v) is 18.6. The lowest BCUT2D eigenvalue weighted by Crippen LogP contribution is -2.17. The quantitative estimate of drug-likeness (QED) is 0.235. The standard InChI is InChI=1S/C27H23N5O2/c1-18-6-8-19(9-7-18)17-34-22-12-10-20(11-13-22)25-14-26(31-30-25)27(33)32-29-16-21-15-28-24-5-3-2-4-23(21)24/h2-16,28H,17H2,1H3,(H,30,31)(H,32,33)/b29-16-. The number of nitrogens with one attached hydrogen (secondary N) is 3. The van der Waals surface area contributed by atoms with Gasteiger partial charge in [-0.25, -0.2) is 5.43 Å². The molecule has 7 heteroatoms. The van der Waals surface area contributed by atoms with Crippen molar-refractivity contribution < 1.29 is 9.53 Å². The van der Waals surface area contributed by atoms with Gasteiger partial charge in [0.25, 0.3) is 5.91 Å². The van der Waals surface area contributed by atoms with Crippen LogP contribution in [0, 0.1) is 6.92 Å². The van der Waals surface area contributed by atoms with E-state index in [0.29, 0.717) is 18.0 Å². The highest BCUT2D eigenvalue weighted by Gasteiger charge is 2.11. The van der Waals surface area contributed by atoms with Gasteiger partial charge >= 0.3 is 0 Å². The fourth-order valence-corrected chi connectivity index (χ4v) is 3.58. The van der Waals surface area contributed by atoms with E-state index in [0.717, 1.165) is 33.3 Å². The Labute approximate surface area is 196 Å². The van der Waals surface area contributed by atoms with E-state index < -0.39 is 0 Å². The molecule has 0 aliphatic heterocycles. The van der Waals surface area contributed by atoms with Gasteiger partial charge in [0.15, 0.2) is 0 Å². The molecule has 0 fully saturated rings. The van der Waals surface area contributed by atoms with Crippen LogP contribution in [0.25, 0.3) is 22.2 Å². The molecule has 5 rings (SSSR count). The summed E-state index contributed by atoms with van der Waals surface area (Å²) in [5.41, 5.74) is 8.65. The van der Waals surface area contributed by atoms with E-state index in [9.17, 15) is 4.79 Å². The summed E-state index contributed by atoms with van der Waals surface area (Å²) >= 11 is 0. The number of aromatic amines is 2. The molecule has 0 bridgehead atoms. The Morgan fingerprint density at radius 1 is 1.06 bits per heavy atom. The van der Waals surface area contributed by atoms with Crippen molar-refractivity contribution in [2.24, 2.45) is 5.10 Å². The second kappa shape index (κ2) is 9.46. The maximum atomic E-state index is 12.5. The van der Waals surface area contributed by atoms with E-state index in [1.807, 2.05) is 54.7 Å². The molecule has 0 saturated carbocycles. The van der Waals surface area contributed by atoms with Crippen molar-refractivity contribution in [1.29, 1.82) is 0 Å². The van der Waals surface area contributed by atoms with Gasteiger partial charge in [-0.15, -0.1) is 0 Å². The fourth-order valence-electron chi connectivity index (χ4n) is 3.58. The molecule has 2 heterocycles. The summed E-state index contributed by atoms with van der Waals surface area (Å²) in [6, 6.07) is 25.5. The highest BCUT2D eigenvalue weighted by atomic mass is 16.5. The largest absolute Gasteiger partial charge is 0.489 e. The molecular weight excluding hydrogens is 426 g/mol. The summed E-state index contributed by atoms with van der Waals surface area (Å²) in [7, 11) is 0. The average molecular weight is 450 g/mol. The second-order valence-corrected chi connectivity index (χ2v) is 7.95. The van der Waals surface area contributed by atoms with Gasteiger partial charge in [-0.2, -0.15) is 10.2 Å². The molecule has 0 aliphatic rings. The number of fused-ring (bicyclic) bond motifs is 1. The molecule has 7 nitrogen and oxygen atoms in total. The molecule has 34 heavy (non-hydrogen) atoms.